The Morgan fingerprint density at radius 1 is 1.57 bits per heavy atom. The first-order chi connectivity index (χ1) is 11.0. The van der Waals surface area contributed by atoms with Gasteiger partial charge in [0.2, 0.25) is 5.91 Å². The predicted octanol–water partition coefficient (Wildman–Crippen LogP) is -0.724. The number of morpholine rings is 1. The molecule has 0 aliphatic carbocycles. The van der Waals surface area contributed by atoms with E-state index < -0.39 is 0 Å². The van der Waals surface area contributed by atoms with Gasteiger partial charge >= 0.3 is 0 Å². The van der Waals surface area contributed by atoms with Crippen LogP contribution in [0.3, 0.4) is 0 Å². The second kappa shape index (κ2) is 8.07. The quantitative estimate of drug-likeness (QED) is 0.742. The molecule has 0 spiro atoms. The lowest BCUT2D eigenvalue weighted by molar-refractivity contribution is -0.130. The SMILES string of the molecule is CCN(C)C(=O)Cn1ncc(N2CCO[C@@H](CCN)C2)cc1=O. The number of aromatic nitrogens is 2. The van der Waals surface area contributed by atoms with Crippen molar-refractivity contribution >= 4 is 11.6 Å². The molecule has 2 N–H and O–H groups in total. The van der Waals surface area contributed by atoms with Crippen molar-refractivity contribution in [3.63, 3.8) is 0 Å². The van der Waals surface area contributed by atoms with Crippen LogP contribution in [0.25, 0.3) is 0 Å². The smallest absolute Gasteiger partial charge is 0.269 e. The van der Waals surface area contributed by atoms with Crippen molar-refractivity contribution in [3.05, 3.63) is 22.6 Å². The maximum absolute atomic E-state index is 12.2. The van der Waals surface area contributed by atoms with Crippen LogP contribution < -0.4 is 16.2 Å². The zero-order chi connectivity index (χ0) is 16.8. The highest BCUT2D eigenvalue weighted by atomic mass is 16.5. The second-order valence-corrected chi connectivity index (χ2v) is 5.63. The van der Waals surface area contributed by atoms with Crippen LogP contribution in [0.2, 0.25) is 0 Å². The molecule has 23 heavy (non-hydrogen) atoms. The summed E-state index contributed by atoms with van der Waals surface area (Å²) in [6, 6.07) is 1.52. The molecule has 1 aromatic rings. The molecule has 1 saturated heterocycles. The number of nitrogens with zero attached hydrogens (tertiary/aromatic N) is 4. The van der Waals surface area contributed by atoms with E-state index in [2.05, 4.69) is 10.00 Å². The van der Waals surface area contributed by atoms with Gasteiger partial charge in [0, 0.05) is 32.7 Å². The maximum Gasteiger partial charge on any atom is 0.269 e. The van der Waals surface area contributed by atoms with E-state index in [1.807, 2.05) is 6.92 Å². The summed E-state index contributed by atoms with van der Waals surface area (Å²) in [5.74, 6) is -0.135. The number of hydrogen-bond acceptors (Lipinski definition) is 6. The summed E-state index contributed by atoms with van der Waals surface area (Å²) in [6.07, 6.45) is 2.50. The molecule has 8 heteroatoms. The van der Waals surface area contributed by atoms with E-state index in [9.17, 15) is 9.59 Å². The third kappa shape index (κ3) is 4.52. The van der Waals surface area contributed by atoms with Crippen molar-refractivity contribution in [2.24, 2.45) is 5.73 Å². The van der Waals surface area contributed by atoms with Crippen LogP contribution in [0.5, 0.6) is 0 Å². The monoisotopic (exact) mass is 323 g/mol. The van der Waals surface area contributed by atoms with Gasteiger partial charge in [0.25, 0.3) is 5.56 Å². The highest BCUT2D eigenvalue weighted by Crippen LogP contribution is 2.16. The maximum atomic E-state index is 12.2. The van der Waals surface area contributed by atoms with Crippen molar-refractivity contribution in [3.8, 4) is 0 Å². The molecule has 0 unspecified atom stereocenters. The van der Waals surface area contributed by atoms with Gasteiger partial charge in [-0.15, -0.1) is 0 Å². The number of hydrogen-bond donors (Lipinski definition) is 1. The molecule has 1 aromatic heterocycles. The predicted molar refractivity (Wildman–Crippen MR) is 87.4 cm³/mol. The van der Waals surface area contributed by atoms with Crippen molar-refractivity contribution in [2.45, 2.75) is 26.0 Å². The van der Waals surface area contributed by atoms with Crippen molar-refractivity contribution in [1.29, 1.82) is 0 Å². The Morgan fingerprint density at radius 2 is 2.35 bits per heavy atom. The molecule has 1 aliphatic heterocycles. The number of carbonyl (C=O) groups is 1. The normalized spacial score (nSPS) is 18.0. The number of carbonyl (C=O) groups excluding carboxylic acids is 1. The number of rotatable bonds is 6. The lowest BCUT2D eigenvalue weighted by Crippen LogP contribution is -2.44. The Labute approximate surface area is 135 Å². The van der Waals surface area contributed by atoms with Crippen LogP contribution in [0.1, 0.15) is 13.3 Å². The van der Waals surface area contributed by atoms with Gasteiger partial charge in [0.05, 0.1) is 24.6 Å². The molecule has 128 valence electrons. The zero-order valence-corrected chi connectivity index (χ0v) is 13.8. The molecule has 1 aliphatic rings. The Kier molecular flexibility index (Phi) is 6.12. The molecular formula is C15H25N5O3. The molecule has 0 saturated carbocycles. The number of nitrogens with two attached hydrogens (primary N) is 1. The summed E-state index contributed by atoms with van der Waals surface area (Å²) < 4.78 is 6.83. The van der Waals surface area contributed by atoms with Crippen LogP contribution in [-0.2, 0) is 16.1 Å². The van der Waals surface area contributed by atoms with E-state index in [1.165, 1.54) is 10.7 Å². The minimum absolute atomic E-state index is 0.0393. The van der Waals surface area contributed by atoms with E-state index in [1.54, 1.807) is 18.1 Å². The standard InChI is InChI=1S/C15H25N5O3/c1-3-18(2)15(22)11-20-14(21)8-12(9-17-20)19-6-7-23-13(10-19)4-5-16/h8-9,13H,3-7,10-11,16H2,1-2H3/t13-/m0/s1. The molecule has 0 radical (unpaired) electrons. The molecule has 1 atom stereocenters. The van der Waals surface area contributed by atoms with Crippen LogP contribution in [0.15, 0.2) is 17.1 Å². The molecule has 1 fully saturated rings. The Morgan fingerprint density at radius 3 is 3.00 bits per heavy atom. The summed E-state index contributed by atoms with van der Waals surface area (Å²) in [7, 11) is 1.70. The Hall–Kier alpha value is -1.93. The van der Waals surface area contributed by atoms with Gasteiger partial charge in [-0.2, -0.15) is 5.10 Å². The van der Waals surface area contributed by atoms with Gasteiger partial charge in [-0.3, -0.25) is 9.59 Å². The number of amides is 1. The first-order valence-corrected chi connectivity index (χ1v) is 7.93. The summed E-state index contributed by atoms with van der Waals surface area (Å²) in [6.45, 7) is 5.03. The number of likely N-dealkylation sites (N-methyl/N-ethyl adjacent to an activating group) is 1. The van der Waals surface area contributed by atoms with E-state index >= 15 is 0 Å². The minimum atomic E-state index is -0.276. The third-order valence-corrected chi connectivity index (χ3v) is 4.03. The lowest BCUT2D eigenvalue weighted by Gasteiger charge is -2.34. The number of anilines is 1. The molecule has 2 heterocycles. The molecule has 8 nitrogen and oxygen atoms in total. The summed E-state index contributed by atoms with van der Waals surface area (Å²) in [5, 5.41) is 4.13. The van der Waals surface area contributed by atoms with Crippen LogP contribution in [0.4, 0.5) is 5.69 Å². The summed E-state index contributed by atoms with van der Waals surface area (Å²) >= 11 is 0. The van der Waals surface area contributed by atoms with Gasteiger partial charge in [0.1, 0.15) is 6.54 Å². The number of ether oxygens (including phenoxy) is 1. The van der Waals surface area contributed by atoms with Crippen LogP contribution in [0, 0.1) is 0 Å². The largest absolute Gasteiger partial charge is 0.374 e. The van der Waals surface area contributed by atoms with Gasteiger partial charge < -0.3 is 20.3 Å². The highest BCUT2D eigenvalue weighted by molar-refractivity contribution is 5.75. The van der Waals surface area contributed by atoms with Gasteiger partial charge in [-0.25, -0.2) is 4.68 Å². The molecular weight excluding hydrogens is 298 g/mol. The van der Waals surface area contributed by atoms with Gasteiger partial charge in [-0.1, -0.05) is 0 Å². The molecule has 1 amide bonds. The molecule has 0 aromatic carbocycles. The van der Waals surface area contributed by atoms with E-state index in [0.29, 0.717) is 32.8 Å². The fraction of sp³-hybridized carbons (Fsp3) is 0.667. The molecule has 2 rings (SSSR count). The first-order valence-electron chi connectivity index (χ1n) is 7.93. The summed E-state index contributed by atoms with van der Waals surface area (Å²) in [4.78, 5) is 27.7. The first kappa shape index (κ1) is 17.4. The fourth-order valence-corrected chi connectivity index (χ4v) is 2.46. The van der Waals surface area contributed by atoms with Crippen molar-refractivity contribution in [2.75, 3.05) is 44.7 Å². The summed E-state index contributed by atoms with van der Waals surface area (Å²) in [5.41, 5.74) is 6.05. The average molecular weight is 323 g/mol. The Balaban J connectivity index is 2.07. The average Bonchev–Trinajstić information content (AvgIpc) is 2.56. The lowest BCUT2D eigenvalue weighted by atomic mass is 10.2. The van der Waals surface area contributed by atoms with Crippen molar-refractivity contribution < 1.29 is 9.53 Å². The minimum Gasteiger partial charge on any atom is -0.374 e. The fourth-order valence-electron chi connectivity index (χ4n) is 2.46. The van der Waals surface area contributed by atoms with Gasteiger partial charge in [-0.05, 0) is 19.9 Å². The highest BCUT2D eigenvalue weighted by Gasteiger charge is 2.21. The second-order valence-electron chi connectivity index (χ2n) is 5.63. The Bertz CT molecular complexity index is 587. The van der Waals surface area contributed by atoms with E-state index in [-0.39, 0.29) is 24.1 Å². The zero-order valence-electron chi connectivity index (χ0n) is 13.8. The third-order valence-electron chi connectivity index (χ3n) is 4.03. The van der Waals surface area contributed by atoms with Crippen LogP contribution in [-0.4, -0.2) is 66.5 Å². The molecule has 0 bridgehead atoms. The van der Waals surface area contributed by atoms with Crippen LogP contribution >= 0.6 is 0 Å². The van der Waals surface area contributed by atoms with E-state index in [0.717, 1.165) is 12.1 Å². The van der Waals surface area contributed by atoms with Gasteiger partial charge in [0.15, 0.2) is 0 Å². The van der Waals surface area contributed by atoms with Crippen molar-refractivity contribution in [1.82, 2.24) is 14.7 Å². The van der Waals surface area contributed by atoms with E-state index in [4.69, 9.17) is 10.5 Å². The topological polar surface area (TPSA) is 93.7 Å².